The second-order valence-electron chi connectivity index (χ2n) is 7.28. The number of halogens is 1. The van der Waals surface area contributed by atoms with Crippen LogP contribution in [0.1, 0.15) is 32.1 Å². The number of carbonyl (C=O) groups is 1. The third-order valence-electron chi connectivity index (χ3n) is 5.82. The number of piperidine rings is 1. The zero-order valence-electron chi connectivity index (χ0n) is 13.7. The number of fused-ring (bicyclic) bond motifs is 2. The first-order chi connectivity index (χ1) is 11.5. The summed E-state index contributed by atoms with van der Waals surface area (Å²) in [7, 11) is 0. The fourth-order valence-electron chi connectivity index (χ4n) is 4.34. The molecule has 128 valence electrons. The molecule has 24 heavy (non-hydrogen) atoms. The average Bonchev–Trinajstić information content (AvgIpc) is 2.96. The first-order valence-corrected chi connectivity index (χ1v) is 9.17. The Labute approximate surface area is 147 Å². The van der Waals surface area contributed by atoms with Gasteiger partial charge in [-0.3, -0.25) is 4.79 Å². The highest BCUT2D eigenvalue weighted by molar-refractivity contribution is 6.31. The van der Waals surface area contributed by atoms with Crippen molar-refractivity contribution in [1.82, 2.24) is 9.47 Å². The minimum absolute atomic E-state index is 0.125. The van der Waals surface area contributed by atoms with Crippen molar-refractivity contribution in [2.45, 2.75) is 44.2 Å². The van der Waals surface area contributed by atoms with Gasteiger partial charge >= 0.3 is 0 Å². The summed E-state index contributed by atoms with van der Waals surface area (Å²) in [4.78, 5) is 14.7. The Balaban J connectivity index is 1.49. The predicted octanol–water partition coefficient (Wildman–Crippen LogP) is 3.45. The summed E-state index contributed by atoms with van der Waals surface area (Å²) >= 11 is 6.09. The van der Waals surface area contributed by atoms with E-state index >= 15 is 0 Å². The van der Waals surface area contributed by atoms with Crippen LogP contribution in [-0.2, 0) is 11.3 Å². The van der Waals surface area contributed by atoms with Crippen LogP contribution in [0.15, 0.2) is 30.5 Å². The van der Waals surface area contributed by atoms with Gasteiger partial charge in [0.2, 0.25) is 5.91 Å². The Hall–Kier alpha value is -1.52. The fourth-order valence-corrected chi connectivity index (χ4v) is 4.50. The molecule has 1 aliphatic carbocycles. The van der Waals surface area contributed by atoms with Crippen molar-refractivity contribution in [3.05, 3.63) is 35.5 Å². The maximum Gasteiger partial charge on any atom is 0.242 e. The second kappa shape index (κ2) is 6.08. The van der Waals surface area contributed by atoms with Gasteiger partial charge in [0.15, 0.2) is 0 Å². The van der Waals surface area contributed by atoms with Gasteiger partial charge < -0.3 is 14.6 Å². The lowest BCUT2D eigenvalue weighted by atomic mass is 9.71. The van der Waals surface area contributed by atoms with Crippen LogP contribution in [-0.4, -0.2) is 39.2 Å². The molecule has 0 unspecified atom stereocenters. The quantitative estimate of drug-likeness (QED) is 0.905. The van der Waals surface area contributed by atoms with Crippen LogP contribution in [0.5, 0.6) is 0 Å². The topological polar surface area (TPSA) is 45.5 Å². The summed E-state index contributed by atoms with van der Waals surface area (Å²) in [6.07, 6.45) is 6.84. The van der Waals surface area contributed by atoms with Crippen molar-refractivity contribution < 1.29 is 9.90 Å². The number of nitrogens with zero attached hydrogens (tertiary/aromatic N) is 2. The van der Waals surface area contributed by atoms with Gasteiger partial charge in [-0.25, -0.2) is 0 Å². The number of rotatable bonds is 2. The third-order valence-corrected chi connectivity index (χ3v) is 6.06. The number of hydrogen-bond acceptors (Lipinski definition) is 2. The molecule has 2 aliphatic rings. The molecule has 1 N–H and O–H groups in total. The Morgan fingerprint density at radius 1 is 1.29 bits per heavy atom. The van der Waals surface area contributed by atoms with Gasteiger partial charge in [-0.1, -0.05) is 30.5 Å². The molecular weight excluding hydrogens is 324 g/mol. The van der Waals surface area contributed by atoms with Crippen LogP contribution in [0.3, 0.4) is 0 Å². The molecule has 4 rings (SSSR count). The van der Waals surface area contributed by atoms with E-state index in [1.807, 2.05) is 39.9 Å². The van der Waals surface area contributed by atoms with Gasteiger partial charge in [0.05, 0.1) is 5.60 Å². The molecule has 1 aromatic heterocycles. The average molecular weight is 347 g/mol. The summed E-state index contributed by atoms with van der Waals surface area (Å²) in [6, 6.07) is 7.75. The van der Waals surface area contributed by atoms with Gasteiger partial charge in [-0.2, -0.15) is 0 Å². The minimum atomic E-state index is -0.539. The van der Waals surface area contributed by atoms with Crippen LogP contribution in [0, 0.1) is 5.92 Å². The van der Waals surface area contributed by atoms with Crippen molar-refractivity contribution in [2.24, 2.45) is 5.92 Å². The first-order valence-electron chi connectivity index (χ1n) is 8.80. The van der Waals surface area contributed by atoms with Gasteiger partial charge in [0.25, 0.3) is 0 Å². The molecule has 1 aliphatic heterocycles. The molecule has 1 aromatic carbocycles. The number of likely N-dealkylation sites (tertiary alicyclic amines) is 1. The van der Waals surface area contributed by atoms with E-state index in [2.05, 4.69) is 0 Å². The number of aliphatic hydroxyl groups is 1. The van der Waals surface area contributed by atoms with Gasteiger partial charge in [0, 0.05) is 35.7 Å². The van der Waals surface area contributed by atoms with E-state index in [-0.39, 0.29) is 11.8 Å². The van der Waals surface area contributed by atoms with Crippen molar-refractivity contribution in [2.75, 3.05) is 13.1 Å². The molecule has 1 saturated carbocycles. The lowest BCUT2D eigenvalue weighted by Crippen LogP contribution is -2.55. The molecule has 1 saturated heterocycles. The van der Waals surface area contributed by atoms with Crippen LogP contribution >= 0.6 is 11.6 Å². The van der Waals surface area contributed by atoms with Gasteiger partial charge in [-0.05, 0) is 42.8 Å². The van der Waals surface area contributed by atoms with Crippen LogP contribution in [0.2, 0.25) is 5.02 Å². The van der Waals surface area contributed by atoms with E-state index in [4.69, 9.17) is 11.6 Å². The molecule has 4 nitrogen and oxygen atoms in total. The summed E-state index contributed by atoms with van der Waals surface area (Å²) in [5.41, 5.74) is 0.449. The Morgan fingerprint density at radius 3 is 3.04 bits per heavy atom. The van der Waals surface area contributed by atoms with E-state index < -0.39 is 5.60 Å². The summed E-state index contributed by atoms with van der Waals surface area (Å²) < 4.78 is 1.96. The Morgan fingerprint density at radius 2 is 2.17 bits per heavy atom. The molecule has 2 aromatic rings. The summed E-state index contributed by atoms with van der Waals surface area (Å²) in [5.74, 6) is 0.361. The zero-order chi connectivity index (χ0) is 16.7. The summed E-state index contributed by atoms with van der Waals surface area (Å²) in [6.45, 7) is 1.68. The maximum atomic E-state index is 12.8. The Bertz CT molecular complexity index is 772. The van der Waals surface area contributed by atoms with E-state index in [0.717, 1.165) is 36.6 Å². The number of aromatic nitrogens is 1. The number of carbonyl (C=O) groups excluding carboxylic acids is 1. The van der Waals surface area contributed by atoms with Crippen molar-refractivity contribution in [1.29, 1.82) is 0 Å². The molecule has 0 spiro atoms. The normalized spacial score (nSPS) is 27.2. The monoisotopic (exact) mass is 346 g/mol. The SMILES string of the molecule is O=C(Cn1ccc2ccc(Cl)cc21)N1CC[C@]2(O)CCCC[C@H]2C1. The van der Waals surface area contributed by atoms with E-state index in [0.29, 0.717) is 31.1 Å². The highest BCUT2D eigenvalue weighted by Gasteiger charge is 2.43. The van der Waals surface area contributed by atoms with Gasteiger partial charge in [0.1, 0.15) is 6.54 Å². The number of amides is 1. The van der Waals surface area contributed by atoms with Gasteiger partial charge in [-0.15, -0.1) is 0 Å². The molecule has 0 bridgehead atoms. The van der Waals surface area contributed by atoms with E-state index in [9.17, 15) is 9.90 Å². The summed E-state index contributed by atoms with van der Waals surface area (Å²) in [5, 5.41) is 12.5. The van der Waals surface area contributed by atoms with Crippen molar-refractivity contribution in [3.8, 4) is 0 Å². The lowest BCUT2D eigenvalue weighted by molar-refractivity contribution is -0.143. The minimum Gasteiger partial charge on any atom is -0.389 e. The van der Waals surface area contributed by atoms with E-state index in [1.165, 1.54) is 0 Å². The third kappa shape index (κ3) is 2.82. The molecule has 2 fully saturated rings. The first kappa shape index (κ1) is 16.0. The van der Waals surface area contributed by atoms with Crippen LogP contribution < -0.4 is 0 Å². The molecular formula is C19H23ClN2O2. The zero-order valence-corrected chi connectivity index (χ0v) is 14.5. The Kier molecular flexibility index (Phi) is 4.05. The smallest absolute Gasteiger partial charge is 0.242 e. The molecule has 5 heteroatoms. The predicted molar refractivity (Wildman–Crippen MR) is 95.1 cm³/mol. The maximum absolute atomic E-state index is 12.8. The largest absolute Gasteiger partial charge is 0.389 e. The van der Waals surface area contributed by atoms with Crippen LogP contribution in [0.4, 0.5) is 0 Å². The molecule has 2 heterocycles. The highest BCUT2D eigenvalue weighted by Crippen LogP contribution is 2.39. The second-order valence-corrected chi connectivity index (χ2v) is 7.72. The standard InChI is InChI=1S/C19H23ClN2O2/c20-16-5-4-14-6-9-21(17(14)11-16)13-18(23)22-10-8-19(24)7-2-1-3-15(19)12-22/h4-6,9,11,15,24H,1-3,7-8,10,12-13H2/t15-,19+/m0/s1. The number of hydrogen-bond donors (Lipinski definition) is 1. The lowest BCUT2D eigenvalue weighted by Gasteiger charge is -2.47. The highest BCUT2D eigenvalue weighted by atomic mass is 35.5. The molecule has 1 amide bonds. The molecule has 2 atom stereocenters. The number of benzene rings is 1. The van der Waals surface area contributed by atoms with Crippen molar-refractivity contribution >= 4 is 28.4 Å². The van der Waals surface area contributed by atoms with Crippen molar-refractivity contribution in [3.63, 3.8) is 0 Å². The molecule has 0 radical (unpaired) electrons. The fraction of sp³-hybridized carbons (Fsp3) is 0.526. The van der Waals surface area contributed by atoms with Crippen LogP contribution in [0.25, 0.3) is 10.9 Å². The van der Waals surface area contributed by atoms with E-state index in [1.54, 1.807) is 0 Å².